The Morgan fingerprint density at radius 2 is 2.50 bits per heavy atom. The number of amidine groups is 1. The summed E-state index contributed by atoms with van der Waals surface area (Å²) in [6, 6.07) is 0.698. The highest BCUT2D eigenvalue weighted by Gasteiger charge is 2.25. The summed E-state index contributed by atoms with van der Waals surface area (Å²) in [6.07, 6.45) is 4.05. The van der Waals surface area contributed by atoms with Crippen LogP contribution >= 0.6 is 23.5 Å². The molecule has 1 fully saturated rings. The summed E-state index contributed by atoms with van der Waals surface area (Å²) in [7, 11) is 0. The molecule has 0 aromatic rings. The lowest BCUT2D eigenvalue weighted by molar-refractivity contribution is 0.636. The van der Waals surface area contributed by atoms with Gasteiger partial charge in [0.2, 0.25) is 0 Å². The Labute approximate surface area is 94.7 Å². The maximum atomic E-state index is 4.43. The van der Waals surface area contributed by atoms with Crippen LogP contribution in [0.3, 0.4) is 0 Å². The topological polar surface area (TPSA) is 24.4 Å². The normalized spacial score (nSPS) is 31.9. The van der Waals surface area contributed by atoms with E-state index in [9.17, 15) is 0 Å². The molecule has 1 saturated carbocycles. The first-order valence-electron chi connectivity index (χ1n) is 5.44. The molecule has 1 aliphatic carbocycles. The van der Waals surface area contributed by atoms with Gasteiger partial charge in [-0.1, -0.05) is 18.7 Å². The largest absolute Gasteiger partial charge is 0.362 e. The number of rotatable bonds is 3. The molecule has 14 heavy (non-hydrogen) atoms. The van der Waals surface area contributed by atoms with Crippen molar-refractivity contribution in [3.05, 3.63) is 0 Å². The fourth-order valence-corrected chi connectivity index (χ4v) is 4.01. The van der Waals surface area contributed by atoms with E-state index in [0.717, 1.165) is 11.8 Å². The van der Waals surface area contributed by atoms with E-state index in [2.05, 4.69) is 29.0 Å². The van der Waals surface area contributed by atoms with Crippen molar-refractivity contribution in [2.45, 2.75) is 37.5 Å². The van der Waals surface area contributed by atoms with Gasteiger partial charge >= 0.3 is 0 Å². The van der Waals surface area contributed by atoms with Crippen molar-refractivity contribution in [3.8, 4) is 0 Å². The second-order valence-electron chi connectivity index (χ2n) is 3.77. The molecule has 2 rings (SSSR count). The number of hydrogen-bond donors (Lipinski definition) is 1. The van der Waals surface area contributed by atoms with Crippen molar-refractivity contribution in [1.82, 2.24) is 5.32 Å². The molecule has 80 valence electrons. The van der Waals surface area contributed by atoms with Crippen LogP contribution in [0.2, 0.25) is 0 Å². The van der Waals surface area contributed by atoms with Gasteiger partial charge < -0.3 is 5.32 Å². The Morgan fingerprint density at radius 1 is 1.57 bits per heavy atom. The van der Waals surface area contributed by atoms with E-state index >= 15 is 0 Å². The van der Waals surface area contributed by atoms with Gasteiger partial charge in [0.05, 0.1) is 6.54 Å². The number of aliphatic imine (C=N–C) groups is 1. The highest BCUT2D eigenvalue weighted by Crippen LogP contribution is 2.30. The van der Waals surface area contributed by atoms with E-state index in [-0.39, 0.29) is 0 Å². The molecule has 1 N–H and O–H groups in total. The minimum Gasteiger partial charge on any atom is -0.362 e. The highest BCUT2D eigenvalue weighted by molar-refractivity contribution is 8.14. The van der Waals surface area contributed by atoms with Crippen LogP contribution in [0.4, 0.5) is 0 Å². The molecule has 2 nitrogen and oxygen atoms in total. The van der Waals surface area contributed by atoms with Crippen LogP contribution in [0, 0.1) is 0 Å². The molecule has 0 bridgehead atoms. The van der Waals surface area contributed by atoms with Crippen LogP contribution in [0.5, 0.6) is 0 Å². The summed E-state index contributed by atoms with van der Waals surface area (Å²) >= 11 is 3.99. The van der Waals surface area contributed by atoms with Gasteiger partial charge in [-0.15, -0.1) is 0 Å². The van der Waals surface area contributed by atoms with Gasteiger partial charge in [0.25, 0.3) is 0 Å². The number of hydrogen-bond acceptors (Lipinski definition) is 4. The van der Waals surface area contributed by atoms with Gasteiger partial charge in [-0.25, -0.2) is 0 Å². The van der Waals surface area contributed by atoms with Gasteiger partial charge in [-0.3, -0.25) is 4.99 Å². The molecule has 0 amide bonds. The Bertz CT molecular complexity index is 218. The van der Waals surface area contributed by atoms with Crippen LogP contribution < -0.4 is 5.32 Å². The summed E-state index contributed by atoms with van der Waals surface area (Å²) in [6.45, 7) is 3.26. The van der Waals surface area contributed by atoms with Crippen LogP contribution in [-0.4, -0.2) is 34.5 Å². The molecule has 2 atom stereocenters. The SMILES string of the molecule is CCSC1CCC(NC2=NCCS2)C1. The predicted octanol–water partition coefficient (Wildman–Crippen LogP) is 2.35. The quantitative estimate of drug-likeness (QED) is 0.805. The van der Waals surface area contributed by atoms with Crippen molar-refractivity contribution < 1.29 is 0 Å². The molecule has 4 heteroatoms. The third-order valence-electron chi connectivity index (χ3n) is 2.70. The lowest BCUT2D eigenvalue weighted by Gasteiger charge is -2.13. The highest BCUT2D eigenvalue weighted by atomic mass is 32.2. The molecule has 2 unspecified atom stereocenters. The molecule has 1 heterocycles. The Balaban J connectivity index is 1.72. The first-order chi connectivity index (χ1) is 6.88. The maximum absolute atomic E-state index is 4.43. The third-order valence-corrected chi connectivity index (χ3v) is 4.84. The van der Waals surface area contributed by atoms with Gasteiger partial charge in [0, 0.05) is 17.0 Å². The van der Waals surface area contributed by atoms with Crippen molar-refractivity contribution >= 4 is 28.7 Å². The summed E-state index contributed by atoms with van der Waals surface area (Å²) in [5, 5.41) is 5.65. The van der Waals surface area contributed by atoms with Crippen molar-refractivity contribution in [2.24, 2.45) is 4.99 Å². The van der Waals surface area contributed by atoms with E-state index < -0.39 is 0 Å². The summed E-state index contributed by atoms with van der Waals surface area (Å²) in [5.41, 5.74) is 0. The smallest absolute Gasteiger partial charge is 0.156 e. The van der Waals surface area contributed by atoms with Crippen molar-refractivity contribution in [2.75, 3.05) is 18.1 Å². The number of nitrogens with one attached hydrogen (secondary N) is 1. The summed E-state index contributed by atoms with van der Waals surface area (Å²) in [5.74, 6) is 2.43. The number of nitrogens with zero attached hydrogens (tertiary/aromatic N) is 1. The Hall–Kier alpha value is 0.170. The van der Waals surface area contributed by atoms with E-state index in [4.69, 9.17) is 0 Å². The molecular weight excluding hydrogens is 212 g/mol. The average Bonchev–Trinajstić information content (AvgIpc) is 2.79. The Morgan fingerprint density at radius 3 is 3.21 bits per heavy atom. The lowest BCUT2D eigenvalue weighted by Crippen LogP contribution is -2.30. The van der Waals surface area contributed by atoms with Crippen LogP contribution in [0.15, 0.2) is 4.99 Å². The molecule has 0 spiro atoms. The molecule has 0 aromatic carbocycles. The molecule has 0 saturated heterocycles. The molecule has 1 aliphatic heterocycles. The fraction of sp³-hybridized carbons (Fsp3) is 0.900. The second-order valence-corrected chi connectivity index (χ2v) is 6.43. The van der Waals surface area contributed by atoms with Gasteiger partial charge in [0.15, 0.2) is 5.17 Å². The van der Waals surface area contributed by atoms with E-state index in [1.54, 1.807) is 0 Å². The lowest BCUT2D eigenvalue weighted by atomic mass is 10.3. The van der Waals surface area contributed by atoms with E-state index in [1.165, 1.54) is 35.9 Å². The zero-order chi connectivity index (χ0) is 9.80. The van der Waals surface area contributed by atoms with Crippen LogP contribution in [0.1, 0.15) is 26.2 Å². The van der Waals surface area contributed by atoms with E-state index in [0.29, 0.717) is 6.04 Å². The zero-order valence-electron chi connectivity index (χ0n) is 8.66. The maximum Gasteiger partial charge on any atom is 0.156 e. The first kappa shape index (κ1) is 10.7. The monoisotopic (exact) mass is 230 g/mol. The molecule has 0 aromatic heterocycles. The number of thioether (sulfide) groups is 2. The zero-order valence-corrected chi connectivity index (χ0v) is 10.3. The predicted molar refractivity (Wildman–Crippen MR) is 67.5 cm³/mol. The van der Waals surface area contributed by atoms with Crippen LogP contribution in [-0.2, 0) is 0 Å². The minimum absolute atomic E-state index is 0.698. The van der Waals surface area contributed by atoms with Gasteiger partial charge in [0.1, 0.15) is 0 Å². The summed E-state index contributed by atoms with van der Waals surface area (Å²) in [4.78, 5) is 4.43. The van der Waals surface area contributed by atoms with Gasteiger partial charge in [-0.05, 0) is 25.0 Å². The second kappa shape index (κ2) is 5.31. The van der Waals surface area contributed by atoms with Crippen molar-refractivity contribution in [3.63, 3.8) is 0 Å². The standard InChI is InChI=1S/C10H18N2S2/c1-2-13-9-4-3-8(7-9)12-10-11-5-6-14-10/h8-9H,2-7H2,1H3,(H,11,12). The fourth-order valence-electron chi connectivity index (χ4n) is 2.06. The van der Waals surface area contributed by atoms with E-state index in [1.807, 2.05) is 11.8 Å². The van der Waals surface area contributed by atoms with Crippen LogP contribution in [0.25, 0.3) is 0 Å². The average molecular weight is 230 g/mol. The Kier molecular flexibility index (Phi) is 4.05. The minimum atomic E-state index is 0.698. The van der Waals surface area contributed by atoms with Crippen molar-refractivity contribution in [1.29, 1.82) is 0 Å². The molecule has 2 aliphatic rings. The molecular formula is C10H18N2S2. The third kappa shape index (κ3) is 2.83. The summed E-state index contributed by atoms with van der Waals surface area (Å²) < 4.78 is 0. The first-order valence-corrected chi connectivity index (χ1v) is 7.47. The van der Waals surface area contributed by atoms with Gasteiger partial charge in [-0.2, -0.15) is 11.8 Å². The molecule has 0 radical (unpaired) electrons.